The number of sulfonamides is 1. The van der Waals surface area contributed by atoms with Crippen LogP contribution in [0.15, 0.2) is 76.7 Å². The summed E-state index contributed by atoms with van der Waals surface area (Å²) in [6.45, 7) is 9.75. The Balaban J connectivity index is 2.28. The monoisotopic (exact) mass is 356 g/mol. The lowest BCUT2D eigenvalue weighted by Gasteiger charge is -2.16. The molecule has 2 aromatic rings. The number of hydrogen-bond donors (Lipinski definition) is 1. The summed E-state index contributed by atoms with van der Waals surface area (Å²) in [4.78, 5) is 2.57. The van der Waals surface area contributed by atoms with Crippen molar-refractivity contribution in [3.63, 3.8) is 0 Å². The molecule has 25 heavy (non-hydrogen) atoms. The van der Waals surface area contributed by atoms with Crippen LogP contribution in [0.25, 0.3) is 0 Å². The van der Waals surface area contributed by atoms with Gasteiger partial charge >= 0.3 is 0 Å². The molecule has 5 heteroatoms. The Hall–Kier alpha value is -2.40. The lowest BCUT2D eigenvalue weighted by Crippen LogP contribution is -2.22. The molecule has 0 saturated carbocycles. The van der Waals surface area contributed by atoms with Crippen molar-refractivity contribution in [3.8, 4) is 0 Å². The van der Waals surface area contributed by atoms with Crippen molar-refractivity contribution in [2.45, 2.75) is 38.0 Å². The van der Waals surface area contributed by atoms with Gasteiger partial charge in [-0.25, -0.2) is 4.83 Å². The number of rotatable bonds is 7. The fourth-order valence-corrected chi connectivity index (χ4v) is 3.26. The molecular formula is C20H24N2O2S. The van der Waals surface area contributed by atoms with Gasteiger partial charge in [0.15, 0.2) is 0 Å². The minimum Gasteiger partial charge on any atom is -0.200 e. The van der Waals surface area contributed by atoms with Gasteiger partial charge in [-0.05, 0) is 31.5 Å². The van der Waals surface area contributed by atoms with E-state index >= 15 is 0 Å². The Labute approximate surface area is 150 Å². The highest BCUT2D eigenvalue weighted by Crippen LogP contribution is 2.20. The van der Waals surface area contributed by atoms with Crippen molar-refractivity contribution < 1.29 is 8.42 Å². The molecule has 1 N–H and O–H groups in total. The maximum Gasteiger partial charge on any atom is 0.276 e. The van der Waals surface area contributed by atoms with Gasteiger partial charge in [0, 0.05) is 12.3 Å². The SMILES string of the molecule is C=C(C)C/C(=N\NS(=O)(=O)c1ccc(C)cc1)C(C)c1ccccc1. The quantitative estimate of drug-likeness (QED) is 0.454. The third kappa shape index (κ3) is 5.29. The molecular weight excluding hydrogens is 332 g/mol. The summed E-state index contributed by atoms with van der Waals surface area (Å²) in [5.74, 6) is -0.0152. The molecule has 4 nitrogen and oxygen atoms in total. The van der Waals surface area contributed by atoms with Gasteiger partial charge in [-0.3, -0.25) is 0 Å². The van der Waals surface area contributed by atoms with E-state index in [4.69, 9.17) is 0 Å². The topological polar surface area (TPSA) is 58.5 Å². The first-order valence-electron chi connectivity index (χ1n) is 8.14. The van der Waals surface area contributed by atoms with E-state index in [0.717, 1.165) is 22.4 Å². The predicted octanol–water partition coefficient (Wildman–Crippen LogP) is 4.40. The molecule has 0 heterocycles. The summed E-state index contributed by atoms with van der Waals surface area (Å²) in [5.41, 5.74) is 3.74. The number of allylic oxidation sites excluding steroid dienone is 1. The van der Waals surface area contributed by atoms with E-state index in [1.54, 1.807) is 24.3 Å². The molecule has 1 unspecified atom stereocenters. The van der Waals surface area contributed by atoms with E-state index in [9.17, 15) is 8.42 Å². The Morgan fingerprint density at radius 2 is 1.72 bits per heavy atom. The van der Waals surface area contributed by atoms with Crippen molar-refractivity contribution in [2.24, 2.45) is 5.10 Å². The van der Waals surface area contributed by atoms with Crippen molar-refractivity contribution in [3.05, 3.63) is 77.9 Å². The number of benzene rings is 2. The third-order valence-corrected chi connectivity index (χ3v) is 5.15. The molecule has 0 aliphatic heterocycles. The summed E-state index contributed by atoms with van der Waals surface area (Å²) in [6.07, 6.45) is 0.534. The Bertz CT molecular complexity index is 854. The van der Waals surface area contributed by atoms with Crippen molar-refractivity contribution >= 4 is 15.7 Å². The van der Waals surface area contributed by atoms with E-state index in [-0.39, 0.29) is 10.8 Å². The average Bonchev–Trinajstić information content (AvgIpc) is 2.59. The lowest BCUT2D eigenvalue weighted by molar-refractivity contribution is 0.584. The van der Waals surface area contributed by atoms with Gasteiger partial charge in [-0.1, -0.05) is 67.1 Å². The second-order valence-corrected chi connectivity index (χ2v) is 7.94. The third-order valence-electron chi connectivity index (χ3n) is 3.92. The molecule has 2 rings (SSSR count). The van der Waals surface area contributed by atoms with E-state index in [0.29, 0.717) is 6.42 Å². The number of nitrogens with one attached hydrogen (secondary N) is 1. The first kappa shape index (κ1) is 18.9. The van der Waals surface area contributed by atoms with Gasteiger partial charge in [0.05, 0.1) is 10.6 Å². The molecule has 0 fully saturated rings. The second kappa shape index (κ2) is 8.12. The minimum absolute atomic E-state index is 0.0152. The van der Waals surface area contributed by atoms with Crippen LogP contribution in [0.2, 0.25) is 0 Å². The summed E-state index contributed by atoms with van der Waals surface area (Å²) in [7, 11) is -3.69. The molecule has 0 aliphatic rings. The predicted molar refractivity (Wildman–Crippen MR) is 103 cm³/mol. The Morgan fingerprint density at radius 1 is 1.12 bits per heavy atom. The second-order valence-electron chi connectivity index (χ2n) is 6.28. The first-order chi connectivity index (χ1) is 11.8. The van der Waals surface area contributed by atoms with Crippen molar-refractivity contribution in [1.82, 2.24) is 4.83 Å². The minimum atomic E-state index is -3.69. The van der Waals surface area contributed by atoms with Crippen molar-refractivity contribution in [2.75, 3.05) is 0 Å². The normalized spacial score (nSPS) is 13.3. The highest BCUT2D eigenvalue weighted by Gasteiger charge is 2.17. The maximum atomic E-state index is 12.5. The van der Waals surface area contributed by atoms with Crippen LogP contribution < -0.4 is 4.83 Å². The fourth-order valence-electron chi connectivity index (χ4n) is 2.42. The maximum absolute atomic E-state index is 12.5. The summed E-state index contributed by atoms with van der Waals surface area (Å²) < 4.78 is 24.9. The molecule has 0 radical (unpaired) electrons. The number of hydrazone groups is 1. The molecule has 0 saturated heterocycles. The van der Waals surface area contributed by atoms with Crippen molar-refractivity contribution in [1.29, 1.82) is 0 Å². The van der Waals surface area contributed by atoms with Crippen LogP contribution >= 0.6 is 0 Å². The molecule has 0 bridgehead atoms. The van der Waals surface area contributed by atoms with E-state index in [1.165, 1.54) is 0 Å². The molecule has 2 aromatic carbocycles. The highest BCUT2D eigenvalue weighted by molar-refractivity contribution is 7.89. The zero-order valence-electron chi connectivity index (χ0n) is 14.9. The number of nitrogens with zero attached hydrogens (tertiary/aromatic N) is 1. The number of aryl methyl sites for hydroxylation is 1. The molecule has 1 atom stereocenters. The fraction of sp³-hybridized carbons (Fsp3) is 0.250. The summed E-state index contributed by atoms with van der Waals surface area (Å²) in [5, 5.41) is 4.23. The molecule has 0 aliphatic carbocycles. The average molecular weight is 356 g/mol. The zero-order valence-corrected chi connectivity index (χ0v) is 15.7. The largest absolute Gasteiger partial charge is 0.276 e. The Morgan fingerprint density at radius 3 is 2.28 bits per heavy atom. The smallest absolute Gasteiger partial charge is 0.200 e. The molecule has 0 spiro atoms. The zero-order chi connectivity index (χ0) is 18.4. The van der Waals surface area contributed by atoms with Gasteiger partial charge in [-0.15, -0.1) is 0 Å². The van der Waals surface area contributed by atoms with Crippen LogP contribution in [-0.2, 0) is 10.0 Å². The molecule has 0 aromatic heterocycles. The van der Waals surface area contributed by atoms with Crippen LogP contribution in [-0.4, -0.2) is 14.1 Å². The van der Waals surface area contributed by atoms with Crippen LogP contribution in [0.1, 0.15) is 37.3 Å². The van der Waals surface area contributed by atoms with Gasteiger partial charge in [-0.2, -0.15) is 13.5 Å². The van der Waals surface area contributed by atoms with Gasteiger partial charge in [0.2, 0.25) is 0 Å². The van der Waals surface area contributed by atoms with Gasteiger partial charge < -0.3 is 0 Å². The van der Waals surface area contributed by atoms with Crippen LogP contribution in [0.5, 0.6) is 0 Å². The first-order valence-corrected chi connectivity index (χ1v) is 9.62. The lowest BCUT2D eigenvalue weighted by atomic mass is 9.92. The van der Waals surface area contributed by atoms with Crippen LogP contribution in [0, 0.1) is 6.92 Å². The van der Waals surface area contributed by atoms with Crippen LogP contribution in [0.3, 0.4) is 0 Å². The highest BCUT2D eigenvalue weighted by atomic mass is 32.2. The molecule has 0 amide bonds. The van der Waals surface area contributed by atoms with E-state index in [1.807, 2.05) is 51.1 Å². The van der Waals surface area contributed by atoms with E-state index in [2.05, 4.69) is 16.5 Å². The standard InChI is InChI=1S/C20H24N2O2S/c1-15(2)14-20(17(4)18-8-6-5-7-9-18)21-22-25(23,24)19-12-10-16(3)11-13-19/h5-13,17,22H,1,14H2,2-4H3/b21-20+. The number of hydrogen-bond acceptors (Lipinski definition) is 3. The summed E-state index contributed by atoms with van der Waals surface area (Å²) in [6, 6.07) is 16.6. The van der Waals surface area contributed by atoms with Gasteiger partial charge in [0.25, 0.3) is 10.0 Å². The van der Waals surface area contributed by atoms with Crippen LogP contribution in [0.4, 0.5) is 0 Å². The van der Waals surface area contributed by atoms with E-state index < -0.39 is 10.0 Å². The summed E-state index contributed by atoms with van der Waals surface area (Å²) >= 11 is 0. The van der Waals surface area contributed by atoms with Gasteiger partial charge in [0.1, 0.15) is 0 Å². The molecule has 132 valence electrons. The Kier molecular flexibility index (Phi) is 6.15.